The molecule has 0 amide bonds. The fourth-order valence-electron chi connectivity index (χ4n) is 1.57. The first kappa shape index (κ1) is 12.6. The van der Waals surface area contributed by atoms with Crippen molar-refractivity contribution >= 4 is 15.9 Å². The number of benzene rings is 1. The minimum absolute atomic E-state index is 0.180. The number of aromatic hydroxyl groups is 1. The van der Waals surface area contributed by atoms with Crippen molar-refractivity contribution in [2.75, 3.05) is 5.33 Å². The summed E-state index contributed by atoms with van der Waals surface area (Å²) < 4.78 is 0. The summed E-state index contributed by atoms with van der Waals surface area (Å²) in [6, 6.07) is 3.95. The Bertz CT molecular complexity index is 356. The minimum Gasteiger partial charge on any atom is -0.508 e. The Morgan fingerprint density at radius 2 is 1.73 bits per heavy atom. The Labute approximate surface area is 101 Å². The average Bonchev–Trinajstić information content (AvgIpc) is 2.14. The molecule has 0 saturated carbocycles. The Morgan fingerprint density at radius 3 is 2.27 bits per heavy atom. The van der Waals surface area contributed by atoms with E-state index in [9.17, 15) is 5.11 Å². The molecule has 1 aromatic rings. The van der Waals surface area contributed by atoms with Crippen LogP contribution >= 0.6 is 15.9 Å². The standard InChI is InChI=1S/C13H19BrO/c1-9-5-11(7-13(3,4)8-14)12(15)6-10(9)2/h5-6,15H,7-8H2,1-4H3. The summed E-state index contributed by atoms with van der Waals surface area (Å²) in [7, 11) is 0. The van der Waals surface area contributed by atoms with Crippen LogP contribution in [0.4, 0.5) is 0 Å². The van der Waals surface area contributed by atoms with Crippen LogP contribution in [-0.2, 0) is 6.42 Å². The van der Waals surface area contributed by atoms with E-state index in [2.05, 4.69) is 42.8 Å². The van der Waals surface area contributed by atoms with Gasteiger partial charge in [-0.3, -0.25) is 0 Å². The van der Waals surface area contributed by atoms with E-state index in [4.69, 9.17) is 0 Å². The van der Waals surface area contributed by atoms with Crippen LogP contribution in [0.25, 0.3) is 0 Å². The Hall–Kier alpha value is -0.500. The number of aryl methyl sites for hydroxylation is 2. The molecule has 84 valence electrons. The van der Waals surface area contributed by atoms with Gasteiger partial charge >= 0.3 is 0 Å². The van der Waals surface area contributed by atoms with Crippen molar-refractivity contribution in [1.82, 2.24) is 0 Å². The van der Waals surface area contributed by atoms with Crippen molar-refractivity contribution in [2.45, 2.75) is 34.1 Å². The number of phenolic OH excluding ortho intramolecular Hbond substituents is 1. The number of rotatable bonds is 3. The maximum absolute atomic E-state index is 9.86. The quantitative estimate of drug-likeness (QED) is 0.825. The molecule has 1 rings (SSSR count). The molecule has 0 unspecified atom stereocenters. The lowest BCUT2D eigenvalue weighted by molar-refractivity contribution is 0.404. The van der Waals surface area contributed by atoms with Crippen molar-refractivity contribution in [1.29, 1.82) is 0 Å². The summed E-state index contributed by atoms with van der Waals surface area (Å²) >= 11 is 3.50. The van der Waals surface area contributed by atoms with Crippen LogP contribution in [0.2, 0.25) is 0 Å². The second-order valence-corrected chi connectivity index (χ2v) is 5.60. The largest absolute Gasteiger partial charge is 0.508 e. The smallest absolute Gasteiger partial charge is 0.119 e. The third-order valence-corrected chi connectivity index (χ3v) is 4.24. The molecule has 0 atom stereocenters. The van der Waals surface area contributed by atoms with Crippen LogP contribution in [-0.4, -0.2) is 10.4 Å². The van der Waals surface area contributed by atoms with Crippen LogP contribution in [0.5, 0.6) is 5.75 Å². The van der Waals surface area contributed by atoms with E-state index in [1.807, 2.05) is 13.0 Å². The predicted molar refractivity (Wildman–Crippen MR) is 68.9 cm³/mol. The molecule has 15 heavy (non-hydrogen) atoms. The van der Waals surface area contributed by atoms with Gasteiger partial charge in [-0.05, 0) is 48.4 Å². The molecule has 0 aliphatic carbocycles. The van der Waals surface area contributed by atoms with E-state index >= 15 is 0 Å². The van der Waals surface area contributed by atoms with Gasteiger partial charge in [0.2, 0.25) is 0 Å². The van der Waals surface area contributed by atoms with Gasteiger partial charge in [-0.25, -0.2) is 0 Å². The fraction of sp³-hybridized carbons (Fsp3) is 0.538. The Balaban J connectivity index is 3.01. The third-order valence-electron chi connectivity index (χ3n) is 2.73. The third kappa shape index (κ3) is 3.23. The lowest BCUT2D eigenvalue weighted by atomic mass is 9.86. The van der Waals surface area contributed by atoms with Crippen LogP contribution in [0, 0.1) is 19.3 Å². The van der Waals surface area contributed by atoms with Gasteiger partial charge in [-0.1, -0.05) is 35.8 Å². The molecule has 0 bridgehead atoms. The second-order valence-electron chi connectivity index (χ2n) is 5.04. The molecule has 0 aliphatic rings. The van der Waals surface area contributed by atoms with Crippen molar-refractivity contribution in [3.8, 4) is 5.75 Å². The molecular formula is C13H19BrO. The normalized spacial score (nSPS) is 11.8. The molecule has 0 heterocycles. The highest BCUT2D eigenvalue weighted by molar-refractivity contribution is 9.09. The molecule has 0 saturated heterocycles. The van der Waals surface area contributed by atoms with Gasteiger partial charge in [0.25, 0.3) is 0 Å². The van der Waals surface area contributed by atoms with E-state index in [-0.39, 0.29) is 5.41 Å². The van der Waals surface area contributed by atoms with Crippen LogP contribution < -0.4 is 0 Å². The zero-order chi connectivity index (χ0) is 11.6. The first-order valence-corrected chi connectivity index (χ1v) is 6.33. The van der Waals surface area contributed by atoms with Gasteiger partial charge in [0.05, 0.1) is 0 Å². The van der Waals surface area contributed by atoms with Gasteiger partial charge in [0.1, 0.15) is 5.75 Å². The monoisotopic (exact) mass is 270 g/mol. The number of halogens is 1. The molecule has 0 aliphatic heterocycles. The first-order chi connectivity index (χ1) is 6.85. The molecule has 2 heteroatoms. The molecule has 1 N–H and O–H groups in total. The lowest BCUT2D eigenvalue weighted by Crippen LogP contribution is -2.16. The molecule has 0 aromatic heterocycles. The lowest BCUT2D eigenvalue weighted by Gasteiger charge is -2.22. The highest BCUT2D eigenvalue weighted by Gasteiger charge is 2.19. The van der Waals surface area contributed by atoms with Gasteiger partial charge in [0.15, 0.2) is 0 Å². The zero-order valence-corrected chi connectivity index (χ0v) is 11.5. The van der Waals surface area contributed by atoms with Crippen molar-refractivity contribution in [3.05, 3.63) is 28.8 Å². The van der Waals surface area contributed by atoms with Crippen molar-refractivity contribution in [3.63, 3.8) is 0 Å². The maximum Gasteiger partial charge on any atom is 0.119 e. The van der Waals surface area contributed by atoms with Crippen LogP contribution in [0.1, 0.15) is 30.5 Å². The maximum atomic E-state index is 9.86. The highest BCUT2D eigenvalue weighted by atomic mass is 79.9. The first-order valence-electron chi connectivity index (χ1n) is 5.21. The van der Waals surface area contributed by atoms with Crippen LogP contribution in [0.3, 0.4) is 0 Å². The van der Waals surface area contributed by atoms with Gasteiger partial charge in [0, 0.05) is 5.33 Å². The molecule has 0 radical (unpaired) electrons. The van der Waals surface area contributed by atoms with E-state index in [0.717, 1.165) is 22.9 Å². The highest BCUT2D eigenvalue weighted by Crippen LogP contribution is 2.30. The SMILES string of the molecule is Cc1cc(O)c(CC(C)(C)CBr)cc1C. The summed E-state index contributed by atoms with van der Waals surface area (Å²) in [6.07, 6.45) is 0.894. The summed E-state index contributed by atoms with van der Waals surface area (Å²) in [5.41, 5.74) is 3.61. The number of alkyl halides is 1. The summed E-state index contributed by atoms with van der Waals surface area (Å²) in [6.45, 7) is 8.49. The summed E-state index contributed by atoms with van der Waals surface area (Å²) in [5.74, 6) is 0.423. The molecular weight excluding hydrogens is 252 g/mol. The van der Waals surface area contributed by atoms with Gasteiger partial charge < -0.3 is 5.11 Å². The van der Waals surface area contributed by atoms with E-state index in [1.165, 1.54) is 5.56 Å². The summed E-state index contributed by atoms with van der Waals surface area (Å²) in [5, 5.41) is 10.8. The number of hydrogen-bond acceptors (Lipinski definition) is 1. The van der Waals surface area contributed by atoms with E-state index < -0.39 is 0 Å². The molecule has 0 spiro atoms. The van der Waals surface area contributed by atoms with Crippen molar-refractivity contribution in [2.24, 2.45) is 5.41 Å². The predicted octanol–water partition coefficient (Wildman–Crippen LogP) is 3.97. The average molecular weight is 271 g/mol. The Morgan fingerprint density at radius 1 is 1.20 bits per heavy atom. The summed E-state index contributed by atoms with van der Waals surface area (Å²) in [4.78, 5) is 0. The number of hydrogen-bond donors (Lipinski definition) is 1. The zero-order valence-electron chi connectivity index (χ0n) is 9.89. The minimum atomic E-state index is 0.180. The molecule has 1 aromatic carbocycles. The van der Waals surface area contributed by atoms with Crippen LogP contribution in [0.15, 0.2) is 12.1 Å². The topological polar surface area (TPSA) is 20.2 Å². The van der Waals surface area contributed by atoms with Gasteiger partial charge in [-0.2, -0.15) is 0 Å². The second kappa shape index (κ2) is 4.56. The van der Waals surface area contributed by atoms with Crippen molar-refractivity contribution < 1.29 is 5.11 Å². The van der Waals surface area contributed by atoms with Gasteiger partial charge in [-0.15, -0.1) is 0 Å². The Kier molecular flexibility index (Phi) is 3.82. The number of phenols is 1. The fourth-order valence-corrected chi connectivity index (χ4v) is 1.76. The van der Waals surface area contributed by atoms with E-state index in [1.54, 1.807) is 0 Å². The van der Waals surface area contributed by atoms with E-state index in [0.29, 0.717) is 5.75 Å². The molecule has 1 nitrogen and oxygen atoms in total. The molecule has 0 fully saturated rings.